The van der Waals surface area contributed by atoms with Crippen LogP contribution in [0.2, 0.25) is 0 Å². The number of carbonyl (C=O) groups excluding carboxylic acids is 2. The van der Waals surface area contributed by atoms with Gasteiger partial charge in [0.2, 0.25) is 5.91 Å². The minimum Gasteiger partial charge on any atom is -0.456 e. The van der Waals surface area contributed by atoms with Crippen molar-refractivity contribution in [2.45, 2.75) is 34.1 Å². The van der Waals surface area contributed by atoms with Gasteiger partial charge in [0.05, 0.1) is 5.71 Å². The fourth-order valence-corrected chi connectivity index (χ4v) is 2.37. The number of pyridine rings is 1. The SMILES string of the molecule is C=C(Oc1ccncc1)/C(C)=N\C(=C/C)NC(=O)N1CCC(C)(C)C1=O. The quantitative estimate of drug-likeness (QED) is 0.648. The van der Waals surface area contributed by atoms with E-state index in [0.29, 0.717) is 36.0 Å². The number of nitrogens with one attached hydrogen (secondary N) is 1. The van der Waals surface area contributed by atoms with E-state index in [-0.39, 0.29) is 5.91 Å². The van der Waals surface area contributed by atoms with E-state index in [0.717, 1.165) is 0 Å². The summed E-state index contributed by atoms with van der Waals surface area (Å²) in [5, 5.41) is 2.66. The van der Waals surface area contributed by atoms with Crippen molar-refractivity contribution >= 4 is 17.6 Å². The molecule has 0 aromatic carbocycles. The lowest BCUT2D eigenvalue weighted by Crippen LogP contribution is -2.42. The predicted molar refractivity (Wildman–Crippen MR) is 99.5 cm³/mol. The second-order valence-corrected chi connectivity index (χ2v) is 6.60. The van der Waals surface area contributed by atoms with Crippen molar-refractivity contribution in [3.63, 3.8) is 0 Å². The first-order valence-corrected chi connectivity index (χ1v) is 8.36. The first kappa shape index (κ1) is 19.4. The summed E-state index contributed by atoms with van der Waals surface area (Å²) >= 11 is 0. The zero-order valence-electron chi connectivity index (χ0n) is 15.6. The van der Waals surface area contributed by atoms with Gasteiger partial charge in [0.25, 0.3) is 0 Å². The number of urea groups is 1. The molecule has 3 amide bonds. The largest absolute Gasteiger partial charge is 0.456 e. The van der Waals surface area contributed by atoms with Crippen molar-refractivity contribution in [1.29, 1.82) is 0 Å². The van der Waals surface area contributed by atoms with Crippen LogP contribution in [0, 0.1) is 5.41 Å². The summed E-state index contributed by atoms with van der Waals surface area (Å²) < 4.78 is 5.60. The first-order chi connectivity index (χ1) is 12.2. The summed E-state index contributed by atoms with van der Waals surface area (Å²) in [6.07, 6.45) is 5.51. The smallest absolute Gasteiger partial charge is 0.329 e. The molecule has 26 heavy (non-hydrogen) atoms. The maximum absolute atomic E-state index is 12.4. The standard InChI is InChI=1S/C19H24N4O3/c1-6-16(22-18(25)23-12-9-19(4,5)17(23)24)21-13(2)14(3)26-15-7-10-20-11-8-15/h6-8,10-11H,3,9,12H2,1-2,4-5H3,(H,22,25)/b16-6+,21-13-. The molecule has 1 aromatic rings. The highest BCUT2D eigenvalue weighted by molar-refractivity contribution is 6.00. The van der Waals surface area contributed by atoms with Crippen LogP contribution < -0.4 is 10.1 Å². The van der Waals surface area contributed by atoms with E-state index in [4.69, 9.17) is 4.74 Å². The second kappa shape index (κ2) is 7.95. The zero-order chi connectivity index (χ0) is 19.3. The third kappa shape index (κ3) is 4.56. The summed E-state index contributed by atoms with van der Waals surface area (Å²) in [4.78, 5) is 34.1. The van der Waals surface area contributed by atoms with Gasteiger partial charge in [0.15, 0.2) is 0 Å². The zero-order valence-corrected chi connectivity index (χ0v) is 15.6. The Morgan fingerprint density at radius 1 is 1.42 bits per heavy atom. The molecule has 0 unspecified atom stereocenters. The molecule has 0 bridgehead atoms. The third-order valence-electron chi connectivity index (χ3n) is 4.12. The molecule has 0 aliphatic carbocycles. The molecule has 7 nitrogen and oxygen atoms in total. The molecule has 0 spiro atoms. The van der Waals surface area contributed by atoms with E-state index in [2.05, 4.69) is 21.9 Å². The molecule has 0 atom stereocenters. The van der Waals surface area contributed by atoms with Gasteiger partial charge in [-0.2, -0.15) is 0 Å². The Morgan fingerprint density at radius 3 is 2.62 bits per heavy atom. The third-order valence-corrected chi connectivity index (χ3v) is 4.12. The average Bonchev–Trinajstić information content (AvgIpc) is 2.88. The number of aromatic nitrogens is 1. The van der Waals surface area contributed by atoms with Crippen molar-refractivity contribution in [1.82, 2.24) is 15.2 Å². The van der Waals surface area contributed by atoms with Gasteiger partial charge in [-0.25, -0.2) is 9.79 Å². The van der Waals surface area contributed by atoms with Gasteiger partial charge < -0.3 is 4.74 Å². The van der Waals surface area contributed by atoms with E-state index in [1.54, 1.807) is 44.4 Å². The van der Waals surface area contributed by atoms with Gasteiger partial charge in [-0.05, 0) is 38.5 Å². The van der Waals surface area contributed by atoms with Crippen LogP contribution in [0.1, 0.15) is 34.1 Å². The predicted octanol–water partition coefficient (Wildman–Crippen LogP) is 3.26. The van der Waals surface area contributed by atoms with Crippen LogP contribution in [-0.4, -0.2) is 34.1 Å². The molecule has 1 fully saturated rings. The number of amides is 3. The minimum atomic E-state index is -0.515. The molecule has 1 aliphatic heterocycles. The van der Waals surface area contributed by atoms with E-state index in [9.17, 15) is 9.59 Å². The van der Waals surface area contributed by atoms with Gasteiger partial charge >= 0.3 is 6.03 Å². The summed E-state index contributed by atoms with van der Waals surface area (Å²) in [5.74, 6) is 1.08. The van der Waals surface area contributed by atoms with Crippen molar-refractivity contribution in [3.05, 3.63) is 48.8 Å². The number of hydrogen-bond donors (Lipinski definition) is 1. The molecule has 138 valence electrons. The van der Waals surface area contributed by atoms with Crippen LogP contribution in [0.15, 0.2) is 53.8 Å². The van der Waals surface area contributed by atoms with Crippen molar-refractivity contribution in [3.8, 4) is 5.75 Å². The fourth-order valence-electron chi connectivity index (χ4n) is 2.37. The monoisotopic (exact) mass is 356 g/mol. The Labute approximate surface area is 153 Å². The Hall–Kier alpha value is -2.96. The van der Waals surface area contributed by atoms with Gasteiger partial charge in [-0.3, -0.25) is 20.0 Å². The molecule has 1 aliphatic rings. The lowest BCUT2D eigenvalue weighted by Gasteiger charge is -2.18. The number of likely N-dealkylation sites (tertiary alicyclic amines) is 1. The van der Waals surface area contributed by atoms with Crippen LogP contribution in [0.3, 0.4) is 0 Å². The van der Waals surface area contributed by atoms with E-state index < -0.39 is 11.4 Å². The Balaban J connectivity index is 2.02. The number of imide groups is 1. The molecule has 1 N–H and O–H groups in total. The maximum atomic E-state index is 12.4. The highest BCUT2D eigenvalue weighted by Gasteiger charge is 2.41. The van der Waals surface area contributed by atoms with Gasteiger partial charge in [0.1, 0.15) is 17.3 Å². The number of hydrogen-bond acceptors (Lipinski definition) is 5. The second-order valence-electron chi connectivity index (χ2n) is 6.60. The van der Waals surface area contributed by atoms with Gasteiger partial charge in [-0.1, -0.05) is 20.4 Å². The van der Waals surface area contributed by atoms with E-state index >= 15 is 0 Å². The number of aliphatic imine (C=N–C) groups is 1. The molecular weight excluding hydrogens is 332 g/mol. The minimum absolute atomic E-state index is 0.184. The van der Waals surface area contributed by atoms with Crippen molar-refractivity contribution in [2.24, 2.45) is 10.4 Å². The van der Waals surface area contributed by atoms with E-state index in [1.807, 2.05) is 13.8 Å². The number of ether oxygens (including phenoxy) is 1. The fraction of sp³-hybridized carbons (Fsp3) is 0.368. The molecule has 0 saturated carbocycles. The molecule has 1 saturated heterocycles. The topological polar surface area (TPSA) is 83.9 Å². The molecule has 7 heteroatoms. The Bertz CT molecular complexity index is 766. The summed E-state index contributed by atoms with van der Waals surface area (Å²) in [5.41, 5.74) is -0.0116. The van der Waals surface area contributed by atoms with Crippen LogP contribution in [0.25, 0.3) is 0 Å². The average molecular weight is 356 g/mol. The Morgan fingerprint density at radius 2 is 2.08 bits per heavy atom. The Kier molecular flexibility index (Phi) is 5.92. The summed E-state index contributed by atoms with van der Waals surface area (Å²) in [6, 6.07) is 2.93. The normalized spacial score (nSPS) is 17.2. The van der Waals surface area contributed by atoms with E-state index in [1.165, 1.54) is 4.90 Å². The summed E-state index contributed by atoms with van der Waals surface area (Å²) in [6.45, 7) is 11.4. The highest BCUT2D eigenvalue weighted by atomic mass is 16.5. The number of allylic oxidation sites excluding steroid dienone is 2. The molecule has 2 rings (SSSR count). The number of carbonyl (C=O) groups is 2. The molecular formula is C19H24N4O3. The molecule has 0 radical (unpaired) electrons. The lowest BCUT2D eigenvalue weighted by atomic mass is 9.92. The lowest BCUT2D eigenvalue weighted by molar-refractivity contribution is -0.132. The molecule has 1 aromatic heterocycles. The van der Waals surface area contributed by atoms with Crippen molar-refractivity contribution < 1.29 is 14.3 Å². The molecule has 2 heterocycles. The van der Waals surface area contributed by atoms with Crippen molar-refractivity contribution in [2.75, 3.05) is 6.54 Å². The van der Waals surface area contributed by atoms with Crippen LogP contribution >= 0.6 is 0 Å². The van der Waals surface area contributed by atoms with Crippen LogP contribution in [0.4, 0.5) is 4.79 Å². The van der Waals surface area contributed by atoms with Crippen LogP contribution in [-0.2, 0) is 4.79 Å². The summed E-state index contributed by atoms with van der Waals surface area (Å²) in [7, 11) is 0. The van der Waals surface area contributed by atoms with Gasteiger partial charge in [-0.15, -0.1) is 0 Å². The first-order valence-electron chi connectivity index (χ1n) is 8.36. The number of rotatable bonds is 5. The van der Waals surface area contributed by atoms with Crippen LogP contribution in [0.5, 0.6) is 5.75 Å². The number of nitrogens with zero attached hydrogens (tertiary/aromatic N) is 3. The van der Waals surface area contributed by atoms with Gasteiger partial charge in [0, 0.05) is 24.4 Å². The highest BCUT2D eigenvalue weighted by Crippen LogP contribution is 2.30. The maximum Gasteiger partial charge on any atom is 0.329 e.